The predicted molar refractivity (Wildman–Crippen MR) is 132 cm³/mol. The van der Waals surface area contributed by atoms with Crippen molar-refractivity contribution in [3.63, 3.8) is 0 Å². The Kier molecular flexibility index (Phi) is 8.98. The smallest absolute Gasteiger partial charge is 0.173 e. The van der Waals surface area contributed by atoms with Crippen molar-refractivity contribution in [1.29, 1.82) is 0 Å². The SMILES string of the molecule is C=CCn1c(C)c(C)c2ccnc(CN(C(=S)NCCOC)c3ccc(F)cc3)c21.Cl. The normalized spacial score (nSPS) is 10.6. The number of aromatic nitrogens is 2. The first-order valence-corrected chi connectivity index (χ1v) is 10.2. The zero-order chi connectivity index (χ0) is 21.7. The third-order valence-electron chi connectivity index (χ3n) is 5.21. The van der Waals surface area contributed by atoms with Gasteiger partial charge in [-0.25, -0.2) is 4.39 Å². The Bertz CT molecular complexity index is 1050. The lowest BCUT2D eigenvalue weighted by molar-refractivity contribution is 0.204. The molecule has 2 heterocycles. The molecule has 166 valence electrons. The Labute approximate surface area is 194 Å². The summed E-state index contributed by atoms with van der Waals surface area (Å²) in [6.45, 7) is 10.4. The fourth-order valence-electron chi connectivity index (χ4n) is 3.55. The zero-order valence-corrected chi connectivity index (χ0v) is 19.7. The van der Waals surface area contributed by atoms with E-state index in [9.17, 15) is 4.39 Å². The molecule has 8 heteroatoms. The number of halogens is 2. The minimum absolute atomic E-state index is 0. The van der Waals surface area contributed by atoms with Crippen LogP contribution in [0.1, 0.15) is 17.0 Å². The second-order valence-electron chi connectivity index (χ2n) is 7.05. The van der Waals surface area contributed by atoms with Crippen LogP contribution in [-0.2, 0) is 17.8 Å². The van der Waals surface area contributed by atoms with Gasteiger partial charge in [-0.3, -0.25) is 4.98 Å². The van der Waals surface area contributed by atoms with Crippen molar-refractivity contribution in [1.82, 2.24) is 14.9 Å². The van der Waals surface area contributed by atoms with Crippen molar-refractivity contribution in [2.24, 2.45) is 0 Å². The number of hydrogen-bond acceptors (Lipinski definition) is 3. The molecule has 0 radical (unpaired) electrons. The summed E-state index contributed by atoms with van der Waals surface area (Å²) in [7, 11) is 1.64. The van der Waals surface area contributed by atoms with Gasteiger partial charge in [0.15, 0.2) is 5.11 Å². The summed E-state index contributed by atoms with van der Waals surface area (Å²) in [5.74, 6) is -0.289. The van der Waals surface area contributed by atoms with Crippen molar-refractivity contribution >= 4 is 46.3 Å². The number of nitrogens with one attached hydrogen (secondary N) is 1. The summed E-state index contributed by atoms with van der Waals surface area (Å²) in [6.07, 6.45) is 3.71. The number of rotatable bonds is 8. The molecule has 31 heavy (non-hydrogen) atoms. The highest BCUT2D eigenvalue weighted by Crippen LogP contribution is 2.29. The second-order valence-corrected chi connectivity index (χ2v) is 7.44. The van der Waals surface area contributed by atoms with Crippen LogP contribution in [0.3, 0.4) is 0 Å². The van der Waals surface area contributed by atoms with Crippen molar-refractivity contribution in [3.8, 4) is 0 Å². The van der Waals surface area contributed by atoms with Gasteiger partial charge in [-0.15, -0.1) is 19.0 Å². The highest BCUT2D eigenvalue weighted by Gasteiger charge is 2.19. The molecular formula is C23H28ClFN4OS. The monoisotopic (exact) mass is 462 g/mol. The van der Waals surface area contributed by atoms with Crippen LogP contribution in [0.5, 0.6) is 0 Å². The molecule has 0 fully saturated rings. The Hall–Kier alpha value is -2.48. The van der Waals surface area contributed by atoms with Gasteiger partial charge in [-0.05, 0) is 62.0 Å². The Morgan fingerprint density at radius 3 is 2.65 bits per heavy atom. The molecule has 3 aromatic rings. The van der Waals surface area contributed by atoms with E-state index < -0.39 is 0 Å². The molecule has 5 nitrogen and oxygen atoms in total. The van der Waals surface area contributed by atoms with Crippen LogP contribution in [0.15, 0.2) is 49.2 Å². The van der Waals surface area contributed by atoms with Gasteiger partial charge in [-0.2, -0.15) is 0 Å². The molecule has 0 bridgehead atoms. The number of ether oxygens (including phenoxy) is 1. The quantitative estimate of drug-likeness (QED) is 0.292. The lowest BCUT2D eigenvalue weighted by Crippen LogP contribution is -2.41. The van der Waals surface area contributed by atoms with E-state index in [1.807, 2.05) is 23.2 Å². The van der Waals surface area contributed by atoms with Crippen LogP contribution < -0.4 is 10.2 Å². The summed E-state index contributed by atoms with van der Waals surface area (Å²) in [5, 5.41) is 4.91. The van der Waals surface area contributed by atoms with Gasteiger partial charge in [0.1, 0.15) is 5.82 Å². The summed E-state index contributed by atoms with van der Waals surface area (Å²) >= 11 is 5.66. The standard InChI is InChI=1S/C23H27FN4OS.ClH/c1-5-13-27-17(3)16(2)20-10-11-25-21(22(20)27)15-28(23(30)26-12-14-29-4)19-8-6-18(24)7-9-19;/h5-11H,1,12-15H2,2-4H3,(H,26,30);1H. The van der Waals surface area contributed by atoms with Gasteiger partial charge < -0.3 is 19.5 Å². The van der Waals surface area contributed by atoms with Crippen molar-refractivity contribution < 1.29 is 9.13 Å². The second kappa shape index (κ2) is 11.2. The van der Waals surface area contributed by atoms with Crippen molar-refractivity contribution in [2.45, 2.75) is 26.9 Å². The van der Waals surface area contributed by atoms with E-state index in [0.717, 1.165) is 22.3 Å². The topological polar surface area (TPSA) is 42.3 Å². The number of hydrogen-bond donors (Lipinski definition) is 1. The number of allylic oxidation sites excluding steroid dienone is 1. The number of thiocarbonyl (C=S) groups is 1. The fourth-order valence-corrected chi connectivity index (χ4v) is 3.82. The molecule has 0 amide bonds. The number of methoxy groups -OCH3 is 1. The first-order valence-electron chi connectivity index (χ1n) is 9.82. The number of aryl methyl sites for hydroxylation is 1. The minimum Gasteiger partial charge on any atom is -0.383 e. The lowest BCUT2D eigenvalue weighted by Gasteiger charge is -2.26. The van der Waals surface area contributed by atoms with Crippen LogP contribution in [-0.4, -0.2) is 34.9 Å². The molecule has 0 aliphatic carbocycles. The highest BCUT2D eigenvalue weighted by atomic mass is 35.5. The van der Waals surface area contributed by atoms with Gasteiger partial charge in [0.25, 0.3) is 0 Å². The van der Waals surface area contributed by atoms with Gasteiger partial charge in [0, 0.05) is 43.2 Å². The third kappa shape index (κ3) is 5.42. The van der Waals surface area contributed by atoms with Crippen LogP contribution in [0, 0.1) is 19.7 Å². The van der Waals surface area contributed by atoms with Gasteiger partial charge in [-0.1, -0.05) is 6.08 Å². The molecule has 3 rings (SSSR count). The van der Waals surface area contributed by atoms with Gasteiger partial charge in [0.05, 0.1) is 24.4 Å². The van der Waals surface area contributed by atoms with Crippen LogP contribution in [0.25, 0.3) is 10.9 Å². The molecule has 0 aliphatic rings. The van der Waals surface area contributed by atoms with E-state index in [4.69, 9.17) is 17.0 Å². The van der Waals surface area contributed by atoms with E-state index in [1.54, 1.807) is 19.2 Å². The third-order valence-corrected chi connectivity index (χ3v) is 5.57. The number of benzene rings is 1. The van der Waals surface area contributed by atoms with E-state index in [-0.39, 0.29) is 18.2 Å². The average molecular weight is 463 g/mol. The maximum atomic E-state index is 13.5. The van der Waals surface area contributed by atoms with Crippen LogP contribution in [0.4, 0.5) is 10.1 Å². The maximum Gasteiger partial charge on any atom is 0.173 e. The minimum atomic E-state index is -0.289. The largest absolute Gasteiger partial charge is 0.383 e. The Morgan fingerprint density at radius 1 is 1.29 bits per heavy atom. The van der Waals surface area contributed by atoms with E-state index in [1.165, 1.54) is 23.4 Å². The first-order chi connectivity index (χ1) is 14.5. The predicted octanol–water partition coefficient (Wildman–Crippen LogP) is 4.93. The number of anilines is 1. The number of fused-ring (bicyclic) bond motifs is 1. The fraction of sp³-hybridized carbons (Fsp3) is 0.304. The number of nitrogens with zero attached hydrogens (tertiary/aromatic N) is 3. The van der Waals surface area contributed by atoms with Crippen molar-refractivity contribution in [2.75, 3.05) is 25.2 Å². The maximum absolute atomic E-state index is 13.5. The van der Waals surface area contributed by atoms with Crippen molar-refractivity contribution in [3.05, 3.63) is 72.0 Å². The highest BCUT2D eigenvalue weighted by molar-refractivity contribution is 7.80. The molecule has 0 aliphatic heterocycles. The van der Waals surface area contributed by atoms with Gasteiger partial charge in [0.2, 0.25) is 0 Å². The molecule has 1 N–H and O–H groups in total. The molecule has 0 saturated heterocycles. The molecule has 2 aromatic heterocycles. The molecular weight excluding hydrogens is 435 g/mol. The summed E-state index contributed by atoms with van der Waals surface area (Å²) < 4.78 is 20.9. The average Bonchev–Trinajstić information content (AvgIpc) is 2.99. The van der Waals surface area contributed by atoms with Crippen LogP contribution >= 0.6 is 24.6 Å². The van der Waals surface area contributed by atoms with Crippen LogP contribution in [0.2, 0.25) is 0 Å². The molecule has 0 saturated carbocycles. The summed E-state index contributed by atoms with van der Waals surface area (Å²) in [4.78, 5) is 6.62. The Balaban J connectivity index is 0.00000341. The summed E-state index contributed by atoms with van der Waals surface area (Å²) in [5.41, 5.74) is 5.17. The van der Waals surface area contributed by atoms with Gasteiger partial charge >= 0.3 is 0 Å². The molecule has 0 unspecified atom stereocenters. The first kappa shape index (κ1) is 24.8. The molecule has 0 spiro atoms. The van der Waals surface area contributed by atoms with E-state index in [2.05, 4.69) is 35.3 Å². The molecule has 0 atom stereocenters. The zero-order valence-electron chi connectivity index (χ0n) is 18.0. The molecule has 1 aromatic carbocycles. The van der Waals surface area contributed by atoms with E-state index >= 15 is 0 Å². The number of pyridine rings is 1. The summed E-state index contributed by atoms with van der Waals surface area (Å²) in [6, 6.07) is 8.35. The Morgan fingerprint density at radius 2 is 2.00 bits per heavy atom. The lowest BCUT2D eigenvalue weighted by atomic mass is 10.1. The van der Waals surface area contributed by atoms with E-state index in [0.29, 0.717) is 31.4 Å².